The summed E-state index contributed by atoms with van der Waals surface area (Å²) < 4.78 is 38.9. The van der Waals surface area contributed by atoms with Gasteiger partial charge in [-0.05, 0) is 29.5 Å². The molecule has 0 amide bonds. The quantitative estimate of drug-likeness (QED) is 0.444. The van der Waals surface area contributed by atoms with Gasteiger partial charge < -0.3 is 19.2 Å². The lowest BCUT2D eigenvalue weighted by Gasteiger charge is -2.17. The first-order valence-corrected chi connectivity index (χ1v) is 9.56. The molecule has 0 fully saturated rings. The zero-order valence-corrected chi connectivity index (χ0v) is 15.6. The molecule has 0 spiro atoms. The summed E-state index contributed by atoms with van der Waals surface area (Å²) in [6.45, 7) is 0.686. The van der Waals surface area contributed by atoms with Crippen molar-refractivity contribution in [1.82, 2.24) is 5.32 Å². The van der Waals surface area contributed by atoms with Crippen LogP contribution >= 0.6 is 22.9 Å². The minimum Gasteiger partial charge on any atom is -0.759 e. The molecule has 2 rings (SSSR count). The van der Waals surface area contributed by atoms with Gasteiger partial charge in [0.15, 0.2) is 0 Å². The van der Waals surface area contributed by atoms with Gasteiger partial charge in [-0.25, -0.2) is 4.79 Å². The maximum atomic E-state index is 11.9. The van der Waals surface area contributed by atoms with Crippen LogP contribution in [0.5, 0.6) is 0 Å². The van der Waals surface area contributed by atoms with Crippen LogP contribution in [0.4, 0.5) is 0 Å². The summed E-state index contributed by atoms with van der Waals surface area (Å²) in [6, 6.07) is 10.9. The molecule has 25 heavy (non-hydrogen) atoms. The third-order valence-corrected chi connectivity index (χ3v) is 4.23. The number of rotatable bonds is 6. The number of esters is 1. The Morgan fingerprint density at radius 3 is 2.44 bits per heavy atom. The number of hydrogen-bond acceptors (Lipinski definition) is 8. The Labute approximate surface area is 155 Å². The molecule has 7 nitrogen and oxygen atoms in total. The van der Waals surface area contributed by atoms with E-state index in [-0.39, 0.29) is 5.97 Å². The van der Waals surface area contributed by atoms with E-state index in [4.69, 9.17) is 33.9 Å². The minimum atomic E-state index is -5.17. The van der Waals surface area contributed by atoms with Gasteiger partial charge in [0, 0.05) is 26.8 Å². The van der Waals surface area contributed by atoms with E-state index in [9.17, 15) is 4.79 Å². The number of carbonyl (C=O) groups is 1. The molecule has 0 radical (unpaired) electrons. The number of ether oxygens (including phenoxy) is 1. The Balaban J connectivity index is 0.000000550. The minimum absolute atomic E-state index is 0.329. The Bertz CT molecular complexity index is 756. The van der Waals surface area contributed by atoms with Crippen molar-refractivity contribution in [2.24, 2.45) is 0 Å². The van der Waals surface area contributed by atoms with Crippen molar-refractivity contribution < 1.29 is 27.1 Å². The highest BCUT2D eigenvalue weighted by Crippen LogP contribution is 2.23. The zero-order chi connectivity index (χ0) is 18.9. The Kier molecular flexibility index (Phi) is 9.04. The van der Waals surface area contributed by atoms with E-state index in [1.165, 1.54) is 12.0 Å². The van der Waals surface area contributed by atoms with E-state index in [2.05, 4.69) is 11.4 Å². The monoisotopic (exact) mass is 405 g/mol. The van der Waals surface area contributed by atoms with Crippen molar-refractivity contribution in [3.8, 4) is 0 Å². The van der Waals surface area contributed by atoms with Crippen LogP contribution in [-0.2, 0) is 26.4 Å². The number of halogens is 1. The molecule has 2 aromatic rings. The maximum Gasteiger partial charge on any atom is 0.327 e. The molecule has 0 saturated heterocycles. The molecule has 1 aromatic carbocycles. The van der Waals surface area contributed by atoms with Gasteiger partial charge in [0.2, 0.25) is 0 Å². The summed E-state index contributed by atoms with van der Waals surface area (Å²) in [5.74, 6) is -0.329. The van der Waals surface area contributed by atoms with Gasteiger partial charge in [-0.2, -0.15) is 0 Å². The first kappa shape index (κ1) is 21.6. The average molecular weight is 406 g/mol. The Hall–Kier alpha value is -1.49. The molecular formula is C15H16ClNO6S2-2. The second-order valence-electron chi connectivity index (χ2n) is 4.67. The van der Waals surface area contributed by atoms with E-state index < -0.39 is 16.4 Å². The molecule has 1 heterocycles. The number of hydrogen-bond donors (Lipinski definition) is 1. The van der Waals surface area contributed by atoms with Crippen molar-refractivity contribution in [3.63, 3.8) is 0 Å². The van der Waals surface area contributed by atoms with Crippen molar-refractivity contribution in [2.45, 2.75) is 12.5 Å². The molecular weight excluding hydrogens is 390 g/mol. The summed E-state index contributed by atoms with van der Waals surface area (Å²) in [7, 11) is -3.78. The first-order valence-electron chi connectivity index (χ1n) is 6.97. The van der Waals surface area contributed by atoms with Gasteiger partial charge in [-0.1, -0.05) is 35.9 Å². The summed E-state index contributed by atoms with van der Waals surface area (Å²) in [5.41, 5.74) is 0.743. The number of carbonyl (C=O) groups excluding carboxylic acids is 1. The normalized spacial score (nSPS) is 12.0. The fourth-order valence-corrected chi connectivity index (χ4v) is 2.90. The highest BCUT2D eigenvalue weighted by atomic mass is 35.5. The molecule has 0 aliphatic rings. The van der Waals surface area contributed by atoms with Crippen LogP contribution in [0.3, 0.4) is 0 Å². The molecule has 0 aliphatic carbocycles. The molecule has 138 valence electrons. The molecule has 0 aliphatic heterocycles. The Morgan fingerprint density at radius 1 is 1.28 bits per heavy atom. The van der Waals surface area contributed by atoms with Crippen molar-refractivity contribution in [1.29, 1.82) is 0 Å². The lowest BCUT2D eigenvalue weighted by molar-refractivity contribution is -0.143. The van der Waals surface area contributed by atoms with Crippen LogP contribution in [0.2, 0.25) is 5.02 Å². The Morgan fingerprint density at radius 2 is 1.92 bits per heavy atom. The SMILES string of the molecule is COC(=O)C(NCCc1cccs1)c1ccccc1Cl.O=S(=O)([O-])[O-]. The molecule has 1 N–H and O–H groups in total. The van der Waals surface area contributed by atoms with Crippen LogP contribution in [0.1, 0.15) is 16.5 Å². The highest BCUT2D eigenvalue weighted by Gasteiger charge is 2.22. The standard InChI is InChI=1S/C15H16ClNO2S.H2O4S/c1-19-15(18)14(12-6-2-3-7-13(12)16)17-9-8-11-5-4-10-20-11;1-5(2,3)4/h2-7,10,14,17H,8-9H2,1H3;(H2,1,2,3,4)/p-2. The maximum absolute atomic E-state index is 11.9. The fourth-order valence-electron chi connectivity index (χ4n) is 1.94. The number of nitrogens with one attached hydrogen (secondary N) is 1. The van der Waals surface area contributed by atoms with Crippen molar-refractivity contribution in [2.75, 3.05) is 13.7 Å². The summed E-state index contributed by atoms with van der Waals surface area (Å²) in [6.07, 6.45) is 0.871. The largest absolute Gasteiger partial charge is 0.759 e. The predicted octanol–water partition coefficient (Wildman–Crippen LogP) is 2.11. The van der Waals surface area contributed by atoms with Crippen LogP contribution in [-0.4, -0.2) is 37.1 Å². The average Bonchev–Trinajstić information content (AvgIpc) is 3.04. The molecule has 1 unspecified atom stereocenters. The van der Waals surface area contributed by atoms with Gasteiger partial charge in [0.25, 0.3) is 0 Å². The van der Waals surface area contributed by atoms with E-state index in [0.717, 1.165) is 12.0 Å². The molecule has 0 bridgehead atoms. The highest BCUT2D eigenvalue weighted by molar-refractivity contribution is 7.79. The first-order chi connectivity index (χ1) is 11.7. The smallest absolute Gasteiger partial charge is 0.327 e. The summed E-state index contributed by atoms with van der Waals surface area (Å²) >= 11 is 7.86. The van der Waals surface area contributed by atoms with Crippen molar-refractivity contribution >= 4 is 39.3 Å². The predicted molar refractivity (Wildman–Crippen MR) is 92.7 cm³/mol. The zero-order valence-electron chi connectivity index (χ0n) is 13.2. The van der Waals surface area contributed by atoms with Crippen LogP contribution < -0.4 is 5.32 Å². The van der Waals surface area contributed by atoms with Gasteiger partial charge in [-0.15, -0.1) is 11.3 Å². The van der Waals surface area contributed by atoms with Crippen molar-refractivity contribution in [3.05, 3.63) is 57.2 Å². The number of methoxy groups -OCH3 is 1. The molecule has 1 atom stereocenters. The molecule has 0 saturated carbocycles. The van der Waals surface area contributed by atoms with E-state index >= 15 is 0 Å². The molecule has 10 heteroatoms. The van der Waals surface area contributed by atoms with E-state index in [1.807, 2.05) is 29.6 Å². The summed E-state index contributed by atoms with van der Waals surface area (Å²) in [5, 5.41) is 5.82. The van der Waals surface area contributed by atoms with E-state index in [1.54, 1.807) is 17.4 Å². The topological polar surface area (TPSA) is 119 Å². The lowest BCUT2D eigenvalue weighted by Crippen LogP contribution is -2.31. The molecule has 1 aromatic heterocycles. The number of thiophene rings is 1. The van der Waals surface area contributed by atoms with Gasteiger partial charge in [0.05, 0.1) is 7.11 Å². The third-order valence-electron chi connectivity index (χ3n) is 2.95. The van der Waals surface area contributed by atoms with E-state index in [0.29, 0.717) is 11.6 Å². The van der Waals surface area contributed by atoms with Crippen LogP contribution in [0.15, 0.2) is 41.8 Å². The van der Waals surface area contributed by atoms with Gasteiger partial charge >= 0.3 is 5.97 Å². The summed E-state index contributed by atoms with van der Waals surface area (Å²) in [4.78, 5) is 13.2. The van der Waals surface area contributed by atoms with Crippen LogP contribution in [0, 0.1) is 0 Å². The second-order valence-corrected chi connectivity index (χ2v) is 6.93. The van der Waals surface area contributed by atoms with Gasteiger partial charge in [-0.3, -0.25) is 8.42 Å². The lowest BCUT2D eigenvalue weighted by atomic mass is 10.1. The fraction of sp³-hybridized carbons (Fsp3) is 0.267. The van der Waals surface area contributed by atoms with Crippen LogP contribution in [0.25, 0.3) is 0 Å². The second kappa shape index (κ2) is 10.5. The third kappa shape index (κ3) is 8.96. The van der Waals surface area contributed by atoms with Gasteiger partial charge in [0.1, 0.15) is 6.04 Å². The number of benzene rings is 1.